The van der Waals surface area contributed by atoms with Gasteiger partial charge in [0, 0.05) is 12.6 Å². The minimum absolute atomic E-state index is 0.134. The highest BCUT2D eigenvalue weighted by atomic mass is 35.5. The lowest BCUT2D eigenvalue weighted by Crippen LogP contribution is -2.48. The standard InChI is InChI=1S/C14H15ClFN3S/c15-9-5-11-12(6-10(9)16)19(14(20)17-11)13-7-18-3-1-8(13)2-4-18/h5-6,8,13H,1-4,7H2,(H,17,20). The van der Waals surface area contributed by atoms with E-state index in [0.29, 0.717) is 16.7 Å². The van der Waals surface area contributed by atoms with E-state index in [0.717, 1.165) is 17.6 Å². The second-order valence-corrected chi connectivity index (χ2v) is 6.58. The molecule has 3 aliphatic rings. The van der Waals surface area contributed by atoms with E-state index in [4.69, 9.17) is 23.8 Å². The number of nitrogens with one attached hydrogen (secondary N) is 1. The molecule has 20 heavy (non-hydrogen) atoms. The maximum absolute atomic E-state index is 13.8. The van der Waals surface area contributed by atoms with Crippen molar-refractivity contribution in [3.8, 4) is 0 Å². The molecule has 0 amide bonds. The lowest BCUT2D eigenvalue weighted by molar-refractivity contribution is 0.0582. The molecule has 6 heteroatoms. The molecule has 2 aromatic rings. The Balaban J connectivity index is 1.89. The topological polar surface area (TPSA) is 24.0 Å². The number of piperidine rings is 3. The molecule has 1 N–H and O–H groups in total. The summed E-state index contributed by atoms with van der Waals surface area (Å²) in [6.07, 6.45) is 2.41. The first-order chi connectivity index (χ1) is 9.63. The highest BCUT2D eigenvalue weighted by molar-refractivity contribution is 7.71. The van der Waals surface area contributed by atoms with Crippen molar-refractivity contribution in [3.63, 3.8) is 0 Å². The Hall–Kier alpha value is -0.910. The molecule has 5 rings (SSSR count). The molecule has 3 fully saturated rings. The maximum atomic E-state index is 13.8. The molecule has 0 aliphatic carbocycles. The summed E-state index contributed by atoms with van der Waals surface area (Å²) in [5.74, 6) is 0.257. The fraction of sp³-hybridized carbons (Fsp3) is 0.500. The Morgan fingerprint density at radius 3 is 2.70 bits per heavy atom. The summed E-state index contributed by atoms with van der Waals surface area (Å²) in [5.41, 5.74) is 1.65. The van der Waals surface area contributed by atoms with Gasteiger partial charge in [0.05, 0.1) is 22.1 Å². The van der Waals surface area contributed by atoms with E-state index in [-0.39, 0.29) is 10.8 Å². The molecular weight excluding hydrogens is 297 g/mol. The summed E-state index contributed by atoms with van der Waals surface area (Å²) < 4.78 is 16.6. The zero-order valence-electron chi connectivity index (χ0n) is 10.9. The molecule has 0 saturated carbocycles. The summed E-state index contributed by atoms with van der Waals surface area (Å²) in [6.45, 7) is 3.37. The predicted molar refractivity (Wildman–Crippen MR) is 80.3 cm³/mol. The molecule has 3 aliphatic heterocycles. The van der Waals surface area contributed by atoms with Gasteiger partial charge in [-0.2, -0.15) is 0 Å². The number of aromatic amines is 1. The monoisotopic (exact) mass is 311 g/mol. The molecule has 3 nitrogen and oxygen atoms in total. The van der Waals surface area contributed by atoms with Gasteiger partial charge >= 0.3 is 0 Å². The minimum Gasteiger partial charge on any atom is -0.331 e. The van der Waals surface area contributed by atoms with Crippen LogP contribution < -0.4 is 0 Å². The Morgan fingerprint density at radius 2 is 2.05 bits per heavy atom. The van der Waals surface area contributed by atoms with Crippen LogP contribution in [0.25, 0.3) is 11.0 Å². The van der Waals surface area contributed by atoms with Crippen LogP contribution in [0.5, 0.6) is 0 Å². The van der Waals surface area contributed by atoms with Gasteiger partial charge in [-0.25, -0.2) is 4.39 Å². The van der Waals surface area contributed by atoms with Gasteiger partial charge in [0.15, 0.2) is 4.77 Å². The number of aromatic nitrogens is 2. The van der Waals surface area contributed by atoms with Gasteiger partial charge in [-0.3, -0.25) is 0 Å². The fourth-order valence-electron chi connectivity index (χ4n) is 3.68. The van der Waals surface area contributed by atoms with Crippen LogP contribution >= 0.6 is 23.8 Å². The van der Waals surface area contributed by atoms with E-state index >= 15 is 0 Å². The molecule has 4 heterocycles. The second kappa shape index (κ2) is 4.55. The van der Waals surface area contributed by atoms with Crippen molar-refractivity contribution in [1.29, 1.82) is 0 Å². The van der Waals surface area contributed by atoms with Crippen molar-refractivity contribution in [1.82, 2.24) is 14.5 Å². The zero-order chi connectivity index (χ0) is 13.9. The van der Waals surface area contributed by atoms with E-state index in [1.807, 2.05) is 0 Å². The highest BCUT2D eigenvalue weighted by Crippen LogP contribution is 2.38. The molecule has 1 unspecified atom stereocenters. The average Bonchev–Trinajstić information content (AvgIpc) is 2.76. The molecule has 0 spiro atoms. The van der Waals surface area contributed by atoms with Crippen molar-refractivity contribution in [3.05, 3.63) is 27.7 Å². The molecule has 0 radical (unpaired) electrons. The summed E-state index contributed by atoms with van der Waals surface area (Å²) in [6, 6.07) is 3.47. The van der Waals surface area contributed by atoms with Crippen LogP contribution in [0.1, 0.15) is 18.9 Å². The van der Waals surface area contributed by atoms with Crippen molar-refractivity contribution in [2.24, 2.45) is 5.92 Å². The molecule has 1 aromatic carbocycles. The smallest absolute Gasteiger partial charge is 0.178 e. The summed E-state index contributed by atoms with van der Waals surface area (Å²) >= 11 is 11.3. The van der Waals surface area contributed by atoms with Crippen molar-refractivity contribution >= 4 is 34.9 Å². The van der Waals surface area contributed by atoms with Crippen LogP contribution in [0.2, 0.25) is 5.02 Å². The number of H-pyrrole nitrogens is 1. The van der Waals surface area contributed by atoms with Crippen LogP contribution in [0.4, 0.5) is 4.39 Å². The highest BCUT2D eigenvalue weighted by Gasteiger charge is 2.36. The normalized spacial score (nSPS) is 29.2. The fourth-order valence-corrected chi connectivity index (χ4v) is 4.18. The lowest BCUT2D eigenvalue weighted by atomic mass is 9.84. The van der Waals surface area contributed by atoms with Crippen LogP contribution in [0, 0.1) is 16.5 Å². The number of imidazole rings is 1. The Labute approximate surface area is 126 Å². The van der Waals surface area contributed by atoms with E-state index in [2.05, 4.69) is 14.5 Å². The van der Waals surface area contributed by atoms with Crippen molar-refractivity contribution in [2.45, 2.75) is 18.9 Å². The van der Waals surface area contributed by atoms with Crippen molar-refractivity contribution in [2.75, 3.05) is 19.6 Å². The van der Waals surface area contributed by atoms with E-state index in [1.54, 1.807) is 6.07 Å². The van der Waals surface area contributed by atoms with Gasteiger partial charge in [-0.05, 0) is 50.1 Å². The Bertz CT molecular complexity index is 730. The van der Waals surface area contributed by atoms with Crippen LogP contribution in [-0.2, 0) is 0 Å². The molecule has 1 atom stereocenters. The molecular formula is C14H15ClFN3S. The first-order valence-electron chi connectivity index (χ1n) is 6.95. The van der Waals surface area contributed by atoms with Gasteiger partial charge in [0.1, 0.15) is 5.82 Å². The number of rotatable bonds is 1. The largest absolute Gasteiger partial charge is 0.331 e. The van der Waals surface area contributed by atoms with Gasteiger partial charge in [0.2, 0.25) is 0 Å². The Kier molecular flexibility index (Phi) is 2.91. The molecule has 2 bridgehead atoms. The molecule has 1 aromatic heterocycles. The average molecular weight is 312 g/mol. The maximum Gasteiger partial charge on any atom is 0.178 e. The summed E-state index contributed by atoms with van der Waals surface area (Å²) in [7, 11) is 0. The number of fused-ring (bicyclic) bond motifs is 4. The third-order valence-corrected chi connectivity index (χ3v) is 5.30. The Morgan fingerprint density at radius 1 is 1.30 bits per heavy atom. The third kappa shape index (κ3) is 1.84. The van der Waals surface area contributed by atoms with E-state index < -0.39 is 0 Å². The summed E-state index contributed by atoms with van der Waals surface area (Å²) in [4.78, 5) is 5.63. The van der Waals surface area contributed by atoms with Gasteiger partial charge in [-0.15, -0.1) is 0 Å². The van der Waals surface area contributed by atoms with E-state index in [9.17, 15) is 4.39 Å². The first-order valence-corrected chi connectivity index (χ1v) is 7.74. The SMILES string of the molecule is Fc1cc2c(cc1Cl)[nH]c(=S)n2C1CN2CCC1CC2. The third-order valence-electron chi connectivity index (χ3n) is 4.71. The first kappa shape index (κ1) is 12.8. The van der Waals surface area contributed by atoms with Crippen LogP contribution in [-0.4, -0.2) is 34.1 Å². The lowest BCUT2D eigenvalue weighted by Gasteiger charge is -2.45. The van der Waals surface area contributed by atoms with Crippen LogP contribution in [0.3, 0.4) is 0 Å². The predicted octanol–water partition coefficient (Wildman–Crippen LogP) is 3.76. The number of halogens is 2. The molecule has 106 valence electrons. The second-order valence-electron chi connectivity index (χ2n) is 5.79. The molecule has 3 saturated heterocycles. The number of hydrogen-bond donors (Lipinski definition) is 1. The minimum atomic E-state index is -0.386. The zero-order valence-corrected chi connectivity index (χ0v) is 12.5. The van der Waals surface area contributed by atoms with Crippen molar-refractivity contribution < 1.29 is 4.39 Å². The number of benzene rings is 1. The number of hydrogen-bond acceptors (Lipinski definition) is 2. The van der Waals surface area contributed by atoms with Gasteiger partial charge in [-0.1, -0.05) is 11.6 Å². The van der Waals surface area contributed by atoms with Gasteiger partial charge in [0.25, 0.3) is 0 Å². The summed E-state index contributed by atoms with van der Waals surface area (Å²) in [5, 5.41) is 0.134. The quantitative estimate of drug-likeness (QED) is 0.811. The van der Waals surface area contributed by atoms with Gasteiger partial charge < -0.3 is 14.5 Å². The van der Waals surface area contributed by atoms with Crippen LogP contribution in [0.15, 0.2) is 12.1 Å². The number of nitrogens with zero attached hydrogens (tertiary/aromatic N) is 2. The van der Waals surface area contributed by atoms with E-state index in [1.165, 1.54) is 32.0 Å².